The lowest BCUT2D eigenvalue weighted by atomic mass is 10.2. The molecule has 2 rings (SSSR count). The number of ether oxygens (including phenoxy) is 1. The second kappa shape index (κ2) is 9.38. The van der Waals surface area contributed by atoms with Gasteiger partial charge in [0.15, 0.2) is 6.61 Å². The summed E-state index contributed by atoms with van der Waals surface area (Å²) in [6.45, 7) is 0.956. The first kappa shape index (κ1) is 20.0. The van der Waals surface area contributed by atoms with E-state index in [1.807, 2.05) is 0 Å². The molecule has 1 saturated carbocycles. The van der Waals surface area contributed by atoms with Gasteiger partial charge in [0, 0.05) is 18.0 Å². The van der Waals surface area contributed by atoms with E-state index in [-0.39, 0.29) is 30.0 Å². The Morgan fingerprint density at radius 3 is 2.58 bits per heavy atom. The lowest BCUT2D eigenvalue weighted by molar-refractivity contribution is -0.137. The van der Waals surface area contributed by atoms with Gasteiger partial charge in [-0.25, -0.2) is 4.79 Å². The molecular formula is C18H22N2O5S. The molecule has 1 aliphatic rings. The van der Waals surface area contributed by atoms with E-state index < -0.39 is 18.5 Å². The van der Waals surface area contributed by atoms with E-state index in [2.05, 4.69) is 5.32 Å². The van der Waals surface area contributed by atoms with Crippen LogP contribution in [0.2, 0.25) is 0 Å². The number of hydrogen-bond donors (Lipinski definition) is 1. The van der Waals surface area contributed by atoms with Crippen molar-refractivity contribution in [3.8, 4) is 0 Å². The maximum absolute atomic E-state index is 12.2. The monoisotopic (exact) mass is 378 g/mol. The van der Waals surface area contributed by atoms with Crippen molar-refractivity contribution in [2.24, 2.45) is 0 Å². The molecule has 1 N–H and O–H groups in total. The summed E-state index contributed by atoms with van der Waals surface area (Å²) < 4.78 is 5.07. The number of likely N-dealkylation sites (N-methyl/N-ethyl adjacent to an activating group) is 1. The molecule has 2 amide bonds. The summed E-state index contributed by atoms with van der Waals surface area (Å²) in [4.78, 5) is 48.9. The molecule has 0 spiro atoms. The molecule has 0 saturated heterocycles. The zero-order chi connectivity index (χ0) is 19.1. The maximum Gasteiger partial charge on any atom is 0.339 e. The molecule has 0 radical (unpaired) electrons. The third-order valence-corrected chi connectivity index (χ3v) is 4.83. The minimum absolute atomic E-state index is 0.000512. The van der Waals surface area contributed by atoms with E-state index in [1.165, 1.54) is 30.6 Å². The van der Waals surface area contributed by atoms with Crippen LogP contribution in [0.25, 0.3) is 0 Å². The van der Waals surface area contributed by atoms with Gasteiger partial charge in [0.25, 0.3) is 5.91 Å². The number of ketones is 1. The predicted molar refractivity (Wildman–Crippen MR) is 96.9 cm³/mol. The number of rotatable bonds is 9. The molecule has 1 fully saturated rings. The Bertz CT molecular complexity index is 703. The number of carbonyl (C=O) groups is 4. The number of benzene rings is 1. The van der Waals surface area contributed by atoms with Gasteiger partial charge in [-0.1, -0.05) is 12.1 Å². The number of esters is 1. The summed E-state index contributed by atoms with van der Waals surface area (Å²) in [6, 6.07) is 6.98. The van der Waals surface area contributed by atoms with Crippen molar-refractivity contribution >= 4 is 35.3 Å². The molecule has 7 nitrogen and oxygen atoms in total. The highest BCUT2D eigenvalue weighted by Gasteiger charge is 2.24. The summed E-state index contributed by atoms with van der Waals surface area (Å²) in [7, 11) is 1.49. The zero-order valence-corrected chi connectivity index (χ0v) is 15.6. The normalized spacial score (nSPS) is 13.0. The first-order valence-corrected chi connectivity index (χ1v) is 9.27. The number of thioether (sulfide) groups is 1. The molecule has 140 valence electrons. The van der Waals surface area contributed by atoms with Gasteiger partial charge in [0.2, 0.25) is 5.91 Å². The van der Waals surface area contributed by atoms with Gasteiger partial charge in [-0.2, -0.15) is 0 Å². The highest BCUT2D eigenvalue weighted by molar-refractivity contribution is 8.00. The Kier molecular flexibility index (Phi) is 7.20. The van der Waals surface area contributed by atoms with Crippen molar-refractivity contribution in [2.45, 2.75) is 30.7 Å². The second-order valence-corrected chi connectivity index (χ2v) is 7.17. The quantitative estimate of drug-likeness (QED) is 0.514. The summed E-state index contributed by atoms with van der Waals surface area (Å²) >= 11 is 1.25. The number of Topliss-reactive ketones (excluding diaryl/α,β-unsaturated/α-hetero) is 1. The van der Waals surface area contributed by atoms with E-state index in [4.69, 9.17) is 4.74 Å². The van der Waals surface area contributed by atoms with Crippen LogP contribution in [0.4, 0.5) is 0 Å². The predicted octanol–water partition coefficient (Wildman–Crippen LogP) is 1.26. The van der Waals surface area contributed by atoms with Gasteiger partial charge in [0.05, 0.1) is 17.9 Å². The average molecular weight is 378 g/mol. The van der Waals surface area contributed by atoms with Gasteiger partial charge >= 0.3 is 5.97 Å². The number of nitrogens with one attached hydrogen (secondary N) is 1. The van der Waals surface area contributed by atoms with Crippen LogP contribution in [0.5, 0.6) is 0 Å². The van der Waals surface area contributed by atoms with Gasteiger partial charge in [-0.05, 0) is 31.9 Å². The maximum atomic E-state index is 12.2. The van der Waals surface area contributed by atoms with Crippen molar-refractivity contribution in [3.05, 3.63) is 29.8 Å². The van der Waals surface area contributed by atoms with Gasteiger partial charge in [0.1, 0.15) is 5.78 Å². The smallest absolute Gasteiger partial charge is 0.339 e. The summed E-state index contributed by atoms with van der Waals surface area (Å²) in [5.74, 6) is -1.07. The van der Waals surface area contributed by atoms with E-state index in [9.17, 15) is 19.2 Å². The van der Waals surface area contributed by atoms with Gasteiger partial charge in [-0.15, -0.1) is 11.8 Å². The van der Waals surface area contributed by atoms with Crippen LogP contribution in [0.15, 0.2) is 29.2 Å². The zero-order valence-electron chi connectivity index (χ0n) is 14.8. The van der Waals surface area contributed by atoms with E-state index in [0.29, 0.717) is 10.5 Å². The van der Waals surface area contributed by atoms with Crippen LogP contribution >= 0.6 is 11.8 Å². The summed E-state index contributed by atoms with van der Waals surface area (Å²) in [5.41, 5.74) is 0.306. The Morgan fingerprint density at radius 2 is 1.92 bits per heavy atom. The molecule has 8 heteroatoms. The number of nitrogens with zero attached hydrogens (tertiary/aromatic N) is 1. The SMILES string of the molecule is CC(=O)CSc1ccccc1C(=O)OCC(=O)N(C)CC(=O)NC1CC1. The molecule has 1 aromatic carbocycles. The second-order valence-electron chi connectivity index (χ2n) is 6.15. The van der Waals surface area contributed by atoms with Crippen LogP contribution in [0, 0.1) is 0 Å². The van der Waals surface area contributed by atoms with Crippen molar-refractivity contribution in [2.75, 3.05) is 26.0 Å². The average Bonchev–Trinajstić information content (AvgIpc) is 3.41. The summed E-state index contributed by atoms with van der Waals surface area (Å²) in [5, 5.41) is 2.79. The first-order chi connectivity index (χ1) is 12.4. The highest BCUT2D eigenvalue weighted by atomic mass is 32.2. The molecule has 0 aromatic heterocycles. The molecule has 0 bridgehead atoms. The van der Waals surface area contributed by atoms with Gasteiger partial charge in [-0.3, -0.25) is 14.4 Å². The molecule has 0 aliphatic heterocycles. The Balaban J connectivity index is 1.84. The van der Waals surface area contributed by atoms with Crippen LogP contribution in [-0.2, 0) is 19.1 Å². The number of carbonyl (C=O) groups excluding carboxylic acids is 4. The fourth-order valence-electron chi connectivity index (χ4n) is 2.06. The van der Waals surface area contributed by atoms with E-state index in [1.54, 1.807) is 24.3 Å². The lowest BCUT2D eigenvalue weighted by Gasteiger charge is -2.17. The molecule has 0 heterocycles. The Hall–Kier alpha value is -2.35. The standard InChI is InChI=1S/C18H22N2O5S/c1-12(21)11-26-15-6-4-3-5-14(15)18(24)25-10-17(23)20(2)9-16(22)19-13-7-8-13/h3-6,13H,7-11H2,1-2H3,(H,19,22). The molecule has 1 aliphatic carbocycles. The lowest BCUT2D eigenvalue weighted by Crippen LogP contribution is -2.40. The van der Waals surface area contributed by atoms with Crippen LogP contribution < -0.4 is 5.32 Å². The van der Waals surface area contributed by atoms with Crippen LogP contribution in [0.1, 0.15) is 30.1 Å². The molecule has 1 aromatic rings. The van der Waals surface area contributed by atoms with E-state index >= 15 is 0 Å². The largest absolute Gasteiger partial charge is 0.452 e. The summed E-state index contributed by atoms with van der Waals surface area (Å²) in [6.07, 6.45) is 1.95. The topological polar surface area (TPSA) is 92.8 Å². The minimum atomic E-state index is -0.638. The highest BCUT2D eigenvalue weighted by Crippen LogP contribution is 2.23. The third kappa shape index (κ3) is 6.51. The Labute approximate surface area is 156 Å². The fourth-order valence-corrected chi connectivity index (χ4v) is 2.90. The van der Waals surface area contributed by atoms with Crippen LogP contribution in [0.3, 0.4) is 0 Å². The van der Waals surface area contributed by atoms with Gasteiger partial charge < -0.3 is 15.0 Å². The Morgan fingerprint density at radius 1 is 1.23 bits per heavy atom. The molecule has 26 heavy (non-hydrogen) atoms. The fraction of sp³-hybridized carbons (Fsp3) is 0.444. The molecule has 0 atom stereocenters. The van der Waals surface area contributed by atoms with Crippen molar-refractivity contribution in [3.63, 3.8) is 0 Å². The molecule has 0 unspecified atom stereocenters. The van der Waals surface area contributed by atoms with E-state index in [0.717, 1.165) is 12.8 Å². The van der Waals surface area contributed by atoms with Crippen molar-refractivity contribution in [1.82, 2.24) is 10.2 Å². The third-order valence-electron chi connectivity index (χ3n) is 3.61. The van der Waals surface area contributed by atoms with Crippen LogP contribution in [-0.4, -0.2) is 60.5 Å². The van der Waals surface area contributed by atoms with Crippen molar-refractivity contribution in [1.29, 1.82) is 0 Å². The number of hydrogen-bond acceptors (Lipinski definition) is 6. The minimum Gasteiger partial charge on any atom is -0.452 e. The van der Waals surface area contributed by atoms with Crippen molar-refractivity contribution < 1.29 is 23.9 Å². The first-order valence-electron chi connectivity index (χ1n) is 8.28. The number of amides is 2. The molecular weight excluding hydrogens is 356 g/mol.